The average Bonchev–Trinajstić information content (AvgIpc) is 2.60. The molecule has 0 saturated heterocycles. The number of ether oxygens (including phenoxy) is 2. The maximum absolute atomic E-state index is 6.07. The molecular weight excluding hydrogens is 294 g/mol. The molecule has 0 aliphatic rings. The van der Waals surface area contributed by atoms with E-state index in [1.54, 1.807) is 37.6 Å². The Morgan fingerprint density at radius 1 is 0.957 bits per heavy atom. The zero-order valence-electron chi connectivity index (χ0n) is 12.4. The second-order valence-corrected chi connectivity index (χ2v) is 4.56. The fourth-order valence-electron chi connectivity index (χ4n) is 1.87. The van der Waals surface area contributed by atoms with Crippen LogP contribution in [0.15, 0.2) is 55.0 Å². The van der Waals surface area contributed by atoms with Crippen molar-refractivity contribution < 1.29 is 9.47 Å². The molecule has 3 aromatic rings. The minimum absolute atomic E-state index is 0.267. The van der Waals surface area contributed by atoms with Gasteiger partial charge >= 0.3 is 0 Å². The van der Waals surface area contributed by atoms with Gasteiger partial charge in [0.25, 0.3) is 0 Å². The predicted octanol–water partition coefficient (Wildman–Crippen LogP) is 3.00. The molecule has 0 bridgehead atoms. The zero-order chi connectivity index (χ0) is 16.1. The number of rotatable bonds is 5. The molecule has 0 aliphatic carbocycles. The van der Waals surface area contributed by atoms with Gasteiger partial charge in [-0.3, -0.25) is 0 Å². The van der Waals surface area contributed by atoms with Crippen LogP contribution in [-0.2, 0) is 0 Å². The lowest BCUT2D eigenvalue weighted by Gasteiger charge is -2.11. The summed E-state index contributed by atoms with van der Waals surface area (Å²) in [5.41, 5.74) is 6.37. The highest BCUT2D eigenvalue weighted by Gasteiger charge is 2.11. The van der Waals surface area contributed by atoms with E-state index in [2.05, 4.69) is 20.3 Å². The van der Waals surface area contributed by atoms with Crippen molar-refractivity contribution in [1.29, 1.82) is 0 Å². The van der Waals surface area contributed by atoms with Crippen molar-refractivity contribution in [3.63, 3.8) is 0 Å². The Labute approximate surface area is 133 Å². The summed E-state index contributed by atoms with van der Waals surface area (Å²) >= 11 is 0. The number of pyridine rings is 1. The maximum Gasteiger partial charge on any atom is 0.248 e. The van der Waals surface area contributed by atoms with Crippen LogP contribution in [0, 0.1) is 0 Å². The van der Waals surface area contributed by atoms with Crippen LogP contribution in [0.2, 0.25) is 0 Å². The van der Waals surface area contributed by atoms with Gasteiger partial charge in [0.1, 0.15) is 29.3 Å². The summed E-state index contributed by atoms with van der Waals surface area (Å²) < 4.78 is 10.8. The van der Waals surface area contributed by atoms with Crippen molar-refractivity contribution in [2.45, 2.75) is 0 Å². The quantitative estimate of drug-likeness (QED) is 0.748. The standard InChI is InChI=1S/C16H15N5O2/c1-22-11-5-7-12(8-6-11)23-16-14(17)15(19-10-20-16)21-13-4-2-3-9-18-13/h2-10H,17H2,1H3,(H,18,19,20,21). The van der Waals surface area contributed by atoms with Gasteiger partial charge in [-0.15, -0.1) is 0 Å². The van der Waals surface area contributed by atoms with E-state index >= 15 is 0 Å². The van der Waals surface area contributed by atoms with Crippen LogP contribution in [0.3, 0.4) is 0 Å². The lowest BCUT2D eigenvalue weighted by molar-refractivity contribution is 0.412. The molecule has 3 N–H and O–H groups in total. The lowest BCUT2D eigenvalue weighted by Crippen LogP contribution is -2.03. The van der Waals surface area contributed by atoms with Crippen LogP contribution >= 0.6 is 0 Å². The molecule has 2 heterocycles. The fraction of sp³-hybridized carbons (Fsp3) is 0.0625. The minimum Gasteiger partial charge on any atom is -0.497 e. The first-order valence-electron chi connectivity index (χ1n) is 6.86. The van der Waals surface area contributed by atoms with Crippen molar-refractivity contribution in [2.75, 3.05) is 18.2 Å². The average molecular weight is 309 g/mol. The van der Waals surface area contributed by atoms with Crippen LogP contribution in [0.5, 0.6) is 17.4 Å². The Bertz CT molecular complexity index is 778. The second kappa shape index (κ2) is 6.61. The molecule has 116 valence electrons. The van der Waals surface area contributed by atoms with Crippen molar-refractivity contribution >= 4 is 17.3 Å². The highest BCUT2D eigenvalue weighted by Crippen LogP contribution is 2.31. The Balaban J connectivity index is 1.81. The smallest absolute Gasteiger partial charge is 0.248 e. The maximum atomic E-state index is 6.07. The van der Waals surface area contributed by atoms with E-state index in [9.17, 15) is 0 Å². The molecule has 0 atom stereocenters. The summed E-state index contributed by atoms with van der Waals surface area (Å²) in [6.45, 7) is 0. The van der Waals surface area contributed by atoms with E-state index in [0.29, 0.717) is 23.1 Å². The van der Waals surface area contributed by atoms with E-state index in [-0.39, 0.29) is 5.88 Å². The second-order valence-electron chi connectivity index (χ2n) is 4.56. The van der Waals surface area contributed by atoms with Gasteiger partial charge in [0.05, 0.1) is 7.11 Å². The summed E-state index contributed by atoms with van der Waals surface area (Å²) in [5, 5.41) is 3.03. The predicted molar refractivity (Wildman–Crippen MR) is 87.0 cm³/mol. The van der Waals surface area contributed by atoms with Gasteiger partial charge in [0.2, 0.25) is 5.88 Å². The highest BCUT2D eigenvalue weighted by atomic mass is 16.5. The third-order valence-electron chi connectivity index (χ3n) is 3.03. The van der Waals surface area contributed by atoms with Gasteiger partial charge < -0.3 is 20.5 Å². The number of hydrogen-bond acceptors (Lipinski definition) is 7. The molecule has 23 heavy (non-hydrogen) atoms. The van der Waals surface area contributed by atoms with Crippen LogP contribution < -0.4 is 20.5 Å². The Morgan fingerprint density at radius 2 is 1.74 bits per heavy atom. The number of nitrogens with zero attached hydrogens (tertiary/aromatic N) is 3. The number of benzene rings is 1. The van der Waals surface area contributed by atoms with E-state index < -0.39 is 0 Å². The number of aromatic nitrogens is 3. The number of nitrogens with two attached hydrogens (primary N) is 1. The zero-order valence-corrected chi connectivity index (χ0v) is 12.4. The SMILES string of the molecule is COc1ccc(Oc2ncnc(Nc3ccccn3)c2N)cc1. The van der Waals surface area contributed by atoms with Crippen LogP contribution in [0.25, 0.3) is 0 Å². The minimum atomic E-state index is 0.267. The molecular formula is C16H15N5O2. The first-order valence-corrected chi connectivity index (χ1v) is 6.86. The molecule has 0 spiro atoms. The van der Waals surface area contributed by atoms with E-state index in [1.807, 2.05) is 18.2 Å². The summed E-state index contributed by atoms with van der Waals surface area (Å²) in [6, 6.07) is 12.6. The molecule has 1 aromatic carbocycles. The summed E-state index contributed by atoms with van der Waals surface area (Å²) in [6.07, 6.45) is 3.05. The molecule has 0 amide bonds. The molecule has 2 aromatic heterocycles. The molecule has 0 fully saturated rings. The number of nitrogen functional groups attached to an aromatic ring is 1. The summed E-state index contributed by atoms with van der Waals surface area (Å²) in [4.78, 5) is 12.4. The van der Waals surface area contributed by atoms with E-state index in [0.717, 1.165) is 5.75 Å². The van der Waals surface area contributed by atoms with Crippen molar-refractivity contribution in [1.82, 2.24) is 15.0 Å². The monoisotopic (exact) mass is 309 g/mol. The van der Waals surface area contributed by atoms with Crippen molar-refractivity contribution in [2.24, 2.45) is 0 Å². The normalized spacial score (nSPS) is 10.1. The topological polar surface area (TPSA) is 95.2 Å². The molecule has 0 radical (unpaired) electrons. The van der Waals surface area contributed by atoms with Gasteiger partial charge in [-0.25, -0.2) is 9.97 Å². The first-order chi connectivity index (χ1) is 11.3. The third kappa shape index (κ3) is 3.46. The molecule has 0 saturated carbocycles. The molecule has 3 rings (SSSR count). The summed E-state index contributed by atoms with van der Waals surface area (Å²) in [5.74, 6) is 2.67. The highest BCUT2D eigenvalue weighted by molar-refractivity contribution is 5.71. The Hall–Kier alpha value is -3.35. The van der Waals surface area contributed by atoms with Gasteiger partial charge in [-0.05, 0) is 36.4 Å². The first kappa shape index (κ1) is 14.6. The van der Waals surface area contributed by atoms with Crippen LogP contribution in [-0.4, -0.2) is 22.1 Å². The number of nitrogens with one attached hydrogen (secondary N) is 1. The fourth-order valence-corrected chi connectivity index (χ4v) is 1.87. The van der Waals surface area contributed by atoms with Crippen LogP contribution in [0.4, 0.5) is 17.3 Å². The largest absolute Gasteiger partial charge is 0.497 e. The van der Waals surface area contributed by atoms with Gasteiger partial charge in [-0.2, -0.15) is 4.98 Å². The van der Waals surface area contributed by atoms with Crippen molar-refractivity contribution in [3.8, 4) is 17.4 Å². The summed E-state index contributed by atoms with van der Waals surface area (Å²) in [7, 11) is 1.60. The van der Waals surface area contributed by atoms with E-state index in [4.69, 9.17) is 15.2 Å². The van der Waals surface area contributed by atoms with Crippen LogP contribution in [0.1, 0.15) is 0 Å². The Morgan fingerprint density at radius 3 is 2.43 bits per heavy atom. The molecule has 0 unspecified atom stereocenters. The number of hydrogen-bond donors (Lipinski definition) is 2. The van der Waals surface area contributed by atoms with E-state index in [1.165, 1.54) is 6.33 Å². The number of methoxy groups -OCH3 is 1. The molecule has 0 aliphatic heterocycles. The molecule has 7 nitrogen and oxygen atoms in total. The third-order valence-corrected chi connectivity index (χ3v) is 3.03. The van der Waals surface area contributed by atoms with Gasteiger partial charge in [0, 0.05) is 6.20 Å². The van der Waals surface area contributed by atoms with Gasteiger partial charge in [-0.1, -0.05) is 6.07 Å². The Kier molecular flexibility index (Phi) is 4.19. The van der Waals surface area contributed by atoms with Gasteiger partial charge in [0.15, 0.2) is 5.82 Å². The lowest BCUT2D eigenvalue weighted by atomic mass is 10.3. The number of anilines is 3. The van der Waals surface area contributed by atoms with Crippen molar-refractivity contribution in [3.05, 3.63) is 55.0 Å². The molecule has 7 heteroatoms.